The van der Waals surface area contributed by atoms with Crippen LogP contribution in [0.4, 0.5) is 0 Å². The monoisotopic (exact) mass is 265 g/mol. The van der Waals surface area contributed by atoms with Crippen molar-refractivity contribution in [2.45, 2.75) is 26.3 Å². The summed E-state index contributed by atoms with van der Waals surface area (Å²) in [6, 6.07) is 16.2. The van der Waals surface area contributed by atoms with E-state index in [-0.39, 0.29) is 0 Å². The van der Waals surface area contributed by atoms with Gasteiger partial charge in [-0.3, -0.25) is 0 Å². The van der Waals surface area contributed by atoms with Gasteiger partial charge >= 0.3 is 0 Å². The predicted octanol–water partition coefficient (Wildman–Crippen LogP) is 4.52. The minimum absolute atomic E-state index is 0.313. The van der Waals surface area contributed by atoms with Gasteiger partial charge in [0.15, 0.2) is 0 Å². The van der Waals surface area contributed by atoms with Gasteiger partial charge in [0.1, 0.15) is 5.75 Å². The van der Waals surface area contributed by atoms with Crippen molar-refractivity contribution in [2.24, 2.45) is 0 Å². The lowest BCUT2D eigenvalue weighted by Crippen LogP contribution is -1.98. The first-order valence-corrected chi connectivity index (χ1v) is 7.00. The molecule has 1 N–H and O–H groups in total. The van der Waals surface area contributed by atoms with Crippen LogP contribution in [-0.2, 0) is 6.54 Å². The van der Waals surface area contributed by atoms with Crippen LogP contribution in [0.3, 0.4) is 0 Å². The third kappa shape index (κ3) is 2.42. The fourth-order valence-corrected chi connectivity index (χ4v) is 2.50. The molecule has 0 saturated carbocycles. The van der Waals surface area contributed by atoms with E-state index in [9.17, 15) is 5.11 Å². The van der Waals surface area contributed by atoms with Gasteiger partial charge in [-0.2, -0.15) is 0 Å². The Labute approximate surface area is 119 Å². The Hall–Kier alpha value is -2.22. The van der Waals surface area contributed by atoms with Crippen molar-refractivity contribution in [3.8, 4) is 5.75 Å². The van der Waals surface area contributed by atoms with Gasteiger partial charge in [-0.05, 0) is 46.7 Å². The molecule has 2 nitrogen and oxygen atoms in total. The third-order valence-electron chi connectivity index (χ3n) is 3.75. The summed E-state index contributed by atoms with van der Waals surface area (Å²) >= 11 is 0. The summed E-state index contributed by atoms with van der Waals surface area (Å²) < 4.78 is 2.26. The molecule has 1 aromatic heterocycles. The molecule has 3 rings (SSSR count). The van der Waals surface area contributed by atoms with Crippen LogP contribution in [0.5, 0.6) is 5.75 Å². The van der Waals surface area contributed by atoms with E-state index in [2.05, 4.69) is 48.9 Å². The number of aromatic nitrogens is 1. The van der Waals surface area contributed by atoms with Crippen molar-refractivity contribution in [1.29, 1.82) is 0 Å². The standard InChI is InChI=1S/C18H19NO/c1-13(2)16-6-5-15-9-10-19(18(15)11-16)12-14-3-7-17(20)8-4-14/h3-11,13,20H,12H2,1-2H3. The molecule has 0 unspecified atom stereocenters. The zero-order valence-electron chi connectivity index (χ0n) is 11.9. The average molecular weight is 265 g/mol. The second kappa shape index (κ2) is 5.04. The van der Waals surface area contributed by atoms with Crippen LogP contribution in [0.2, 0.25) is 0 Å². The summed E-state index contributed by atoms with van der Waals surface area (Å²) in [4.78, 5) is 0. The van der Waals surface area contributed by atoms with Gasteiger partial charge in [0, 0.05) is 18.3 Å². The van der Waals surface area contributed by atoms with Crippen LogP contribution in [0.1, 0.15) is 30.9 Å². The fraction of sp³-hybridized carbons (Fsp3) is 0.222. The Kier molecular flexibility index (Phi) is 3.23. The molecule has 0 bridgehead atoms. The van der Waals surface area contributed by atoms with E-state index in [1.165, 1.54) is 22.0 Å². The molecule has 3 aromatic rings. The maximum Gasteiger partial charge on any atom is 0.115 e. The Bertz CT molecular complexity index is 723. The second-order valence-corrected chi connectivity index (χ2v) is 5.58. The van der Waals surface area contributed by atoms with Gasteiger partial charge in [-0.15, -0.1) is 0 Å². The van der Waals surface area contributed by atoms with Crippen LogP contribution in [-0.4, -0.2) is 9.67 Å². The Morgan fingerprint density at radius 1 is 1.00 bits per heavy atom. The normalized spacial score (nSPS) is 11.3. The van der Waals surface area contributed by atoms with Crippen LogP contribution in [0, 0.1) is 0 Å². The topological polar surface area (TPSA) is 25.2 Å². The molecule has 0 aliphatic rings. The van der Waals surface area contributed by atoms with Crippen molar-refractivity contribution < 1.29 is 5.11 Å². The summed E-state index contributed by atoms with van der Waals surface area (Å²) in [7, 11) is 0. The molecule has 0 radical (unpaired) electrons. The van der Waals surface area contributed by atoms with Crippen molar-refractivity contribution in [1.82, 2.24) is 4.57 Å². The smallest absolute Gasteiger partial charge is 0.115 e. The van der Waals surface area contributed by atoms with Crippen LogP contribution < -0.4 is 0 Å². The number of nitrogens with zero attached hydrogens (tertiary/aromatic N) is 1. The summed E-state index contributed by atoms with van der Waals surface area (Å²) in [6.07, 6.45) is 2.13. The molecule has 0 spiro atoms. The van der Waals surface area contributed by atoms with Crippen molar-refractivity contribution >= 4 is 10.9 Å². The number of fused-ring (bicyclic) bond motifs is 1. The molecule has 1 heterocycles. The summed E-state index contributed by atoms with van der Waals surface area (Å²) in [6.45, 7) is 5.26. The average Bonchev–Trinajstić information content (AvgIpc) is 2.84. The van der Waals surface area contributed by atoms with E-state index in [1.54, 1.807) is 12.1 Å². The van der Waals surface area contributed by atoms with Gasteiger partial charge in [0.25, 0.3) is 0 Å². The van der Waals surface area contributed by atoms with Gasteiger partial charge in [-0.1, -0.05) is 38.1 Å². The highest BCUT2D eigenvalue weighted by molar-refractivity contribution is 5.81. The minimum Gasteiger partial charge on any atom is -0.508 e. The van der Waals surface area contributed by atoms with E-state index in [1.807, 2.05) is 12.1 Å². The molecular weight excluding hydrogens is 246 g/mol. The Balaban J connectivity index is 1.98. The quantitative estimate of drug-likeness (QED) is 0.740. The lowest BCUT2D eigenvalue weighted by atomic mass is 10.0. The zero-order chi connectivity index (χ0) is 14.1. The van der Waals surface area contributed by atoms with Gasteiger partial charge in [0.2, 0.25) is 0 Å². The number of aromatic hydroxyl groups is 1. The predicted molar refractivity (Wildman–Crippen MR) is 83.2 cm³/mol. The van der Waals surface area contributed by atoms with Crippen molar-refractivity contribution in [3.05, 3.63) is 65.9 Å². The van der Waals surface area contributed by atoms with Crippen molar-refractivity contribution in [2.75, 3.05) is 0 Å². The number of benzene rings is 2. The SMILES string of the molecule is CC(C)c1ccc2ccn(Cc3ccc(O)cc3)c2c1. The van der Waals surface area contributed by atoms with Crippen LogP contribution in [0.15, 0.2) is 54.7 Å². The van der Waals surface area contributed by atoms with E-state index in [0.717, 1.165) is 6.54 Å². The minimum atomic E-state index is 0.313. The lowest BCUT2D eigenvalue weighted by Gasteiger charge is -2.09. The molecule has 0 amide bonds. The molecule has 0 fully saturated rings. The van der Waals surface area contributed by atoms with Crippen molar-refractivity contribution in [3.63, 3.8) is 0 Å². The lowest BCUT2D eigenvalue weighted by molar-refractivity contribution is 0.475. The first kappa shape index (κ1) is 12.8. The molecule has 102 valence electrons. The largest absolute Gasteiger partial charge is 0.508 e. The first-order chi connectivity index (χ1) is 9.63. The summed E-state index contributed by atoms with van der Waals surface area (Å²) in [5, 5.41) is 10.6. The first-order valence-electron chi connectivity index (χ1n) is 7.00. The maximum absolute atomic E-state index is 9.35. The number of rotatable bonds is 3. The highest BCUT2D eigenvalue weighted by atomic mass is 16.3. The number of phenolic OH excluding ortho intramolecular Hbond substituents is 1. The highest BCUT2D eigenvalue weighted by Crippen LogP contribution is 2.23. The van der Waals surface area contributed by atoms with Crippen LogP contribution >= 0.6 is 0 Å². The second-order valence-electron chi connectivity index (χ2n) is 5.58. The zero-order valence-corrected chi connectivity index (χ0v) is 11.9. The van der Waals surface area contributed by atoms with Gasteiger partial charge < -0.3 is 9.67 Å². The number of hydrogen-bond donors (Lipinski definition) is 1. The fourth-order valence-electron chi connectivity index (χ4n) is 2.50. The van der Waals surface area contributed by atoms with E-state index >= 15 is 0 Å². The van der Waals surface area contributed by atoms with E-state index in [4.69, 9.17) is 0 Å². The van der Waals surface area contributed by atoms with Crippen LogP contribution in [0.25, 0.3) is 10.9 Å². The Morgan fingerprint density at radius 2 is 1.75 bits per heavy atom. The maximum atomic E-state index is 9.35. The molecule has 0 aliphatic carbocycles. The third-order valence-corrected chi connectivity index (χ3v) is 3.75. The van der Waals surface area contributed by atoms with Gasteiger partial charge in [-0.25, -0.2) is 0 Å². The summed E-state index contributed by atoms with van der Waals surface area (Å²) in [5.74, 6) is 0.852. The molecule has 2 heteroatoms. The summed E-state index contributed by atoms with van der Waals surface area (Å²) in [5.41, 5.74) is 3.82. The van der Waals surface area contributed by atoms with Gasteiger partial charge in [0.05, 0.1) is 0 Å². The molecule has 0 saturated heterocycles. The Morgan fingerprint density at radius 3 is 2.45 bits per heavy atom. The molecule has 0 atom stereocenters. The van der Waals surface area contributed by atoms with E-state index in [0.29, 0.717) is 11.7 Å². The number of hydrogen-bond acceptors (Lipinski definition) is 1. The molecule has 2 aromatic carbocycles. The number of phenols is 1. The molecule has 0 aliphatic heterocycles. The molecule has 20 heavy (non-hydrogen) atoms. The molecular formula is C18H19NO. The van der Waals surface area contributed by atoms with E-state index < -0.39 is 0 Å². The highest BCUT2D eigenvalue weighted by Gasteiger charge is 2.05.